The molecule has 0 bridgehead atoms. The van der Waals surface area contributed by atoms with E-state index >= 15 is 0 Å². The van der Waals surface area contributed by atoms with Crippen LogP contribution >= 0.6 is 0 Å². The van der Waals surface area contributed by atoms with Gasteiger partial charge in [0.2, 0.25) is 0 Å². The summed E-state index contributed by atoms with van der Waals surface area (Å²) in [6.45, 7) is 5.02. The molecule has 2 aromatic rings. The molecule has 0 fully saturated rings. The van der Waals surface area contributed by atoms with Gasteiger partial charge in [-0.1, -0.05) is 0 Å². The van der Waals surface area contributed by atoms with Crippen LogP contribution in [0.15, 0.2) is 48.5 Å². The maximum atomic E-state index is 12.0. The SMILES string of the molecule is CCOc1ccc(OC(=O)c2ccc(OCC)cc2)cc1. The highest BCUT2D eigenvalue weighted by molar-refractivity contribution is 5.91. The number of ether oxygens (including phenoxy) is 3. The minimum atomic E-state index is -0.401. The Morgan fingerprint density at radius 2 is 1.19 bits per heavy atom. The monoisotopic (exact) mass is 286 g/mol. The first kappa shape index (κ1) is 14.9. The zero-order valence-corrected chi connectivity index (χ0v) is 12.2. The predicted octanol–water partition coefficient (Wildman–Crippen LogP) is 3.70. The minimum absolute atomic E-state index is 0.401. The van der Waals surface area contributed by atoms with Crippen molar-refractivity contribution in [2.24, 2.45) is 0 Å². The molecule has 0 spiro atoms. The molecule has 21 heavy (non-hydrogen) atoms. The average Bonchev–Trinajstić information content (AvgIpc) is 2.50. The van der Waals surface area contributed by atoms with Crippen LogP contribution in [0.25, 0.3) is 0 Å². The first-order valence-electron chi connectivity index (χ1n) is 6.90. The van der Waals surface area contributed by atoms with Crippen molar-refractivity contribution in [2.75, 3.05) is 13.2 Å². The summed E-state index contributed by atoms with van der Waals surface area (Å²) >= 11 is 0. The largest absolute Gasteiger partial charge is 0.494 e. The van der Waals surface area contributed by atoms with E-state index in [-0.39, 0.29) is 0 Å². The topological polar surface area (TPSA) is 44.8 Å². The highest BCUT2D eigenvalue weighted by atomic mass is 16.5. The third-order valence-electron chi connectivity index (χ3n) is 2.75. The van der Waals surface area contributed by atoms with E-state index in [0.29, 0.717) is 24.5 Å². The molecular weight excluding hydrogens is 268 g/mol. The van der Waals surface area contributed by atoms with Crippen LogP contribution in [0, 0.1) is 0 Å². The minimum Gasteiger partial charge on any atom is -0.494 e. The average molecular weight is 286 g/mol. The lowest BCUT2D eigenvalue weighted by Gasteiger charge is -2.07. The van der Waals surface area contributed by atoms with Gasteiger partial charge in [-0.2, -0.15) is 0 Å². The van der Waals surface area contributed by atoms with Gasteiger partial charge < -0.3 is 14.2 Å². The number of esters is 1. The summed E-state index contributed by atoms with van der Waals surface area (Å²) in [5.41, 5.74) is 0.479. The van der Waals surface area contributed by atoms with Crippen molar-refractivity contribution < 1.29 is 19.0 Å². The molecule has 0 radical (unpaired) electrons. The molecule has 0 aliphatic rings. The van der Waals surface area contributed by atoms with Crippen LogP contribution < -0.4 is 14.2 Å². The maximum absolute atomic E-state index is 12.0. The Balaban J connectivity index is 2.00. The fourth-order valence-corrected chi connectivity index (χ4v) is 1.79. The van der Waals surface area contributed by atoms with Crippen LogP contribution in [0.1, 0.15) is 24.2 Å². The van der Waals surface area contributed by atoms with Gasteiger partial charge in [-0.25, -0.2) is 4.79 Å². The molecule has 0 atom stereocenters. The molecule has 0 N–H and O–H groups in total. The summed E-state index contributed by atoms with van der Waals surface area (Å²) < 4.78 is 16.0. The predicted molar refractivity (Wildman–Crippen MR) is 80.2 cm³/mol. The summed E-state index contributed by atoms with van der Waals surface area (Å²) in [6, 6.07) is 13.8. The van der Waals surface area contributed by atoms with Crippen LogP contribution in [-0.2, 0) is 0 Å². The second-order valence-corrected chi connectivity index (χ2v) is 4.25. The van der Waals surface area contributed by atoms with Crippen molar-refractivity contribution in [2.45, 2.75) is 13.8 Å². The van der Waals surface area contributed by atoms with Gasteiger partial charge in [0.1, 0.15) is 17.2 Å². The number of carbonyl (C=O) groups excluding carboxylic acids is 1. The molecule has 0 aromatic heterocycles. The quantitative estimate of drug-likeness (QED) is 0.600. The molecule has 2 aromatic carbocycles. The second-order valence-electron chi connectivity index (χ2n) is 4.25. The summed E-state index contributed by atoms with van der Waals surface area (Å²) in [5.74, 6) is 1.56. The molecule has 4 nitrogen and oxygen atoms in total. The molecule has 4 heteroatoms. The molecule has 0 unspecified atom stereocenters. The molecule has 0 aliphatic heterocycles. The van der Waals surface area contributed by atoms with Crippen molar-refractivity contribution in [3.05, 3.63) is 54.1 Å². The van der Waals surface area contributed by atoms with Crippen molar-refractivity contribution in [3.8, 4) is 17.2 Å². The second kappa shape index (κ2) is 7.33. The maximum Gasteiger partial charge on any atom is 0.343 e. The van der Waals surface area contributed by atoms with E-state index in [0.717, 1.165) is 11.5 Å². The van der Waals surface area contributed by atoms with E-state index in [2.05, 4.69) is 0 Å². The molecule has 0 aliphatic carbocycles. The zero-order chi connectivity index (χ0) is 15.1. The van der Waals surface area contributed by atoms with Crippen LogP contribution in [0.4, 0.5) is 0 Å². The molecular formula is C17H18O4. The van der Waals surface area contributed by atoms with Crippen LogP contribution in [0.3, 0.4) is 0 Å². The van der Waals surface area contributed by atoms with Crippen molar-refractivity contribution in [1.29, 1.82) is 0 Å². The van der Waals surface area contributed by atoms with E-state index in [4.69, 9.17) is 14.2 Å². The van der Waals surface area contributed by atoms with Gasteiger partial charge in [-0.05, 0) is 62.4 Å². The van der Waals surface area contributed by atoms with Crippen LogP contribution in [0.2, 0.25) is 0 Å². The van der Waals surface area contributed by atoms with Crippen molar-refractivity contribution in [1.82, 2.24) is 0 Å². The molecule has 0 heterocycles. The standard InChI is InChI=1S/C17H18O4/c1-3-19-14-7-5-13(6-8-14)17(18)21-16-11-9-15(10-12-16)20-4-2/h5-12H,3-4H2,1-2H3. The van der Waals surface area contributed by atoms with Gasteiger partial charge in [0.05, 0.1) is 18.8 Å². The number of benzene rings is 2. The summed E-state index contributed by atoms with van der Waals surface area (Å²) in [7, 11) is 0. The van der Waals surface area contributed by atoms with Gasteiger partial charge >= 0.3 is 5.97 Å². The summed E-state index contributed by atoms with van der Waals surface area (Å²) in [6.07, 6.45) is 0. The van der Waals surface area contributed by atoms with Gasteiger partial charge in [-0.3, -0.25) is 0 Å². The van der Waals surface area contributed by atoms with Crippen LogP contribution in [-0.4, -0.2) is 19.2 Å². The van der Waals surface area contributed by atoms with Gasteiger partial charge in [0.15, 0.2) is 0 Å². The van der Waals surface area contributed by atoms with Crippen LogP contribution in [0.5, 0.6) is 17.2 Å². The molecule has 0 amide bonds. The fourth-order valence-electron chi connectivity index (χ4n) is 1.79. The normalized spacial score (nSPS) is 10.0. The van der Waals surface area contributed by atoms with E-state index in [1.807, 2.05) is 13.8 Å². The highest BCUT2D eigenvalue weighted by Gasteiger charge is 2.08. The van der Waals surface area contributed by atoms with Gasteiger partial charge in [-0.15, -0.1) is 0 Å². The Labute approximate surface area is 124 Å². The number of rotatable bonds is 6. The smallest absolute Gasteiger partial charge is 0.343 e. The third kappa shape index (κ3) is 4.24. The number of hydrogen-bond donors (Lipinski definition) is 0. The molecule has 0 saturated heterocycles. The van der Waals surface area contributed by atoms with E-state index in [1.54, 1.807) is 48.5 Å². The number of hydrogen-bond acceptors (Lipinski definition) is 4. The lowest BCUT2D eigenvalue weighted by molar-refractivity contribution is 0.0734. The van der Waals surface area contributed by atoms with Crippen molar-refractivity contribution >= 4 is 5.97 Å². The summed E-state index contributed by atoms with van der Waals surface area (Å²) in [5, 5.41) is 0. The lowest BCUT2D eigenvalue weighted by atomic mass is 10.2. The molecule has 110 valence electrons. The Hall–Kier alpha value is -2.49. The Bertz CT molecular complexity index is 573. The lowest BCUT2D eigenvalue weighted by Crippen LogP contribution is -2.08. The summed E-state index contributed by atoms with van der Waals surface area (Å²) in [4.78, 5) is 12.0. The van der Waals surface area contributed by atoms with E-state index < -0.39 is 5.97 Å². The fraction of sp³-hybridized carbons (Fsp3) is 0.235. The van der Waals surface area contributed by atoms with Gasteiger partial charge in [0.25, 0.3) is 0 Å². The van der Waals surface area contributed by atoms with E-state index in [1.165, 1.54) is 0 Å². The Kier molecular flexibility index (Phi) is 5.21. The third-order valence-corrected chi connectivity index (χ3v) is 2.75. The number of carbonyl (C=O) groups is 1. The Morgan fingerprint density at radius 1 is 0.762 bits per heavy atom. The highest BCUT2D eigenvalue weighted by Crippen LogP contribution is 2.19. The molecule has 2 rings (SSSR count). The van der Waals surface area contributed by atoms with E-state index in [9.17, 15) is 4.79 Å². The first-order chi connectivity index (χ1) is 10.2. The van der Waals surface area contributed by atoms with Gasteiger partial charge in [0, 0.05) is 0 Å². The zero-order valence-electron chi connectivity index (χ0n) is 12.2. The Morgan fingerprint density at radius 3 is 1.67 bits per heavy atom. The molecule has 0 saturated carbocycles. The van der Waals surface area contributed by atoms with Crippen molar-refractivity contribution in [3.63, 3.8) is 0 Å². The first-order valence-corrected chi connectivity index (χ1v) is 6.90.